The summed E-state index contributed by atoms with van der Waals surface area (Å²) in [6, 6.07) is 12.1. The lowest BCUT2D eigenvalue weighted by atomic mass is 9.78. The minimum atomic E-state index is -1.71. The highest BCUT2D eigenvalue weighted by Gasteiger charge is 2.40. The van der Waals surface area contributed by atoms with Crippen molar-refractivity contribution in [1.82, 2.24) is 4.98 Å². The molecule has 0 aliphatic carbocycles. The monoisotopic (exact) mass is 452 g/mol. The van der Waals surface area contributed by atoms with Crippen molar-refractivity contribution >= 4 is 17.7 Å². The molecule has 5 nitrogen and oxygen atoms in total. The summed E-state index contributed by atoms with van der Waals surface area (Å²) in [7, 11) is 0. The average Bonchev–Trinajstić information content (AvgIpc) is 3.30. The first-order valence-corrected chi connectivity index (χ1v) is 10.8. The molecule has 0 amide bonds. The molecule has 0 aliphatic rings. The number of nitrogens with two attached hydrogens (primary N) is 1. The number of aromatic nitrogens is 1. The first-order chi connectivity index (χ1) is 15.4. The van der Waals surface area contributed by atoms with Gasteiger partial charge in [-0.2, -0.15) is 5.26 Å². The molecule has 3 aromatic rings. The molecule has 1 heterocycles. The van der Waals surface area contributed by atoms with Crippen LogP contribution in [0.1, 0.15) is 41.8 Å². The van der Waals surface area contributed by atoms with Crippen molar-refractivity contribution < 1.29 is 13.9 Å². The quantitative estimate of drug-likeness (QED) is 0.361. The molecule has 0 fully saturated rings. The van der Waals surface area contributed by atoms with Crippen LogP contribution < -0.4 is 5.73 Å². The van der Waals surface area contributed by atoms with Crippen molar-refractivity contribution in [1.29, 1.82) is 5.26 Å². The molecule has 32 heavy (non-hydrogen) atoms. The van der Waals surface area contributed by atoms with Crippen LogP contribution in [0.4, 0.5) is 8.78 Å². The molecule has 0 bridgehead atoms. The van der Waals surface area contributed by atoms with Gasteiger partial charge in [-0.15, -0.1) is 11.3 Å². The van der Waals surface area contributed by atoms with Gasteiger partial charge in [0.2, 0.25) is 0 Å². The van der Waals surface area contributed by atoms with Crippen molar-refractivity contribution in [3.63, 3.8) is 0 Å². The highest BCUT2D eigenvalue weighted by Crippen LogP contribution is 2.43. The molecule has 3 N–H and O–H groups in total. The number of halogens is 2. The van der Waals surface area contributed by atoms with Gasteiger partial charge in [0.1, 0.15) is 17.2 Å². The maximum atomic E-state index is 14.7. The van der Waals surface area contributed by atoms with Crippen LogP contribution in [0, 0.1) is 23.0 Å². The van der Waals surface area contributed by atoms with Gasteiger partial charge in [0.05, 0.1) is 28.7 Å². The second-order valence-corrected chi connectivity index (χ2v) is 8.14. The van der Waals surface area contributed by atoms with Gasteiger partial charge in [0.15, 0.2) is 0 Å². The minimum Gasteiger partial charge on any atom is -0.390 e. The number of rotatable bonds is 8. The van der Waals surface area contributed by atoms with Gasteiger partial charge in [-0.25, -0.2) is 18.8 Å². The van der Waals surface area contributed by atoms with E-state index in [1.54, 1.807) is 37.3 Å². The summed E-state index contributed by atoms with van der Waals surface area (Å²) >= 11 is 1.33. The Morgan fingerprint density at radius 2 is 2.03 bits per heavy atom. The lowest BCUT2D eigenvalue weighted by Gasteiger charge is -2.34. The van der Waals surface area contributed by atoms with Gasteiger partial charge in [-0.1, -0.05) is 25.1 Å². The molecule has 164 valence electrons. The minimum absolute atomic E-state index is 0.115. The van der Waals surface area contributed by atoms with Gasteiger partial charge < -0.3 is 10.8 Å². The molecule has 0 radical (unpaired) electrons. The first-order valence-electron chi connectivity index (χ1n) is 9.91. The number of hydrogen-bond donors (Lipinski definition) is 2. The fraction of sp³-hybridized carbons (Fsp3) is 0.208. The van der Waals surface area contributed by atoms with Crippen LogP contribution in [0.15, 0.2) is 65.1 Å². The normalized spacial score (nSPS) is 14.5. The Hall–Kier alpha value is -3.41. The van der Waals surface area contributed by atoms with Gasteiger partial charge in [0.25, 0.3) is 0 Å². The Morgan fingerprint density at radius 3 is 2.72 bits per heavy atom. The van der Waals surface area contributed by atoms with Crippen LogP contribution in [-0.4, -0.2) is 16.4 Å². The standard InChI is InChI=1S/C24H22F2N4OS/c1-16(23-30-22(14-32-23)18-6-4-17(13-27)5-7-18)24(31,10-2-3-11-29-15-28)20-12-19(25)8-9-21(20)26/h3-9,11-12,14-16,31H,2,10H2,1H3,(H2,28,29)/b11-3-/t16?,24-/m1/s1. The molecule has 2 aromatic carbocycles. The SMILES string of the molecule is CC(c1nc(-c2ccc(C#N)cc2)cs1)[C@](O)(CC/C=C\N=CN)c1cc(F)ccc1F. The maximum Gasteiger partial charge on any atom is 0.129 e. The van der Waals surface area contributed by atoms with Crippen LogP contribution in [0.3, 0.4) is 0 Å². The molecule has 1 unspecified atom stereocenters. The molecular weight excluding hydrogens is 430 g/mol. The van der Waals surface area contributed by atoms with Crippen molar-refractivity contribution in [3.05, 3.63) is 87.9 Å². The lowest BCUT2D eigenvalue weighted by Crippen LogP contribution is -2.33. The van der Waals surface area contributed by atoms with E-state index in [1.165, 1.54) is 17.5 Å². The van der Waals surface area contributed by atoms with Crippen molar-refractivity contribution in [3.8, 4) is 17.3 Å². The van der Waals surface area contributed by atoms with Crippen molar-refractivity contribution in [2.24, 2.45) is 10.7 Å². The van der Waals surface area contributed by atoms with Crippen molar-refractivity contribution in [2.45, 2.75) is 31.3 Å². The van der Waals surface area contributed by atoms with E-state index in [2.05, 4.69) is 16.0 Å². The van der Waals surface area contributed by atoms with Gasteiger partial charge in [-0.3, -0.25) is 0 Å². The molecule has 0 aliphatic heterocycles. The van der Waals surface area contributed by atoms with Crippen LogP contribution in [0.2, 0.25) is 0 Å². The third-order valence-corrected chi connectivity index (χ3v) is 6.31. The van der Waals surface area contributed by atoms with E-state index in [9.17, 15) is 13.9 Å². The number of nitriles is 1. The zero-order valence-corrected chi connectivity index (χ0v) is 18.2. The first kappa shape index (κ1) is 23.3. The Morgan fingerprint density at radius 1 is 1.28 bits per heavy atom. The van der Waals surface area contributed by atoms with Crippen molar-refractivity contribution in [2.75, 3.05) is 0 Å². The topological polar surface area (TPSA) is 95.3 Å². The number of aliphatic hydroxyl groups is 1. The summed E-state index contributed by atoms with van der Waals surface area (Å²) in [6.07, 6.45) is 4.80. The van der Waals surface area contributed by atoms with Crippen LogP contribution >= 0.6 is 11.3 Å². The summed E-state index contributed by atoms with van der Waals surface area (Å²) in [6.45, 7) is 1.74. The highest BCUT2D eigenvalue weighted by molar-refractivity contribution is 7.10. The maximum absolute atomic E-state index is 14.7. The van der Waals surface area contributed by atoms with Crippen LogP contribution in [0.25, 0.3) is 11.3 Å². The fourth-order valence-corrected chi connectivity index (χ4v) is 4.41. The van der Waals surface area contributed by atoms with E-state index in [0.29, 0.717) is 22.7 Å². The molecule has 0 spiro atoms. The number of thiazole rings is 1. The molecule has 0 saturated carbocycles. The third-order valence-electron chi connectivity index (χ3n) is 5.28. The number of allylic oxidation sites excluding steroid dienone is 1. The number of nitrogens with zero attached hydrogens (tertiary/aromatic N) is 3. The Bertz CT molecular complexity index is 1170. The van der Waals surface area contributed by atoms with E-state index < -0.39 is 23.2 Å². The van der Waals surface area contributed by atoms with Gasteiger partial charge in [-0.05, 0) is 43.2 Å². The lowest BCUT2D eigenvalue weighted by molar-refractivity contribution is 0.00104. The smallest absolute Gasteiger partial charge is 0.129 e. The molecule has 8 heteroatoms. The Kier molecular flexibility index (Phi) is 7.46. The summed E-state index contributed by atoms with van der Waals surface area (Å²) in [4.78, 5) is 8.41. The molecule has 3 rings (SSSR count). The van der Waals surface area contributed by atoms with Gasteiger partial charge >= 0.3 is 0 Å². The highest BCUT2D eigenvalue weighted by atomic mass is 32.1. The molecule has 1 aromatic heterocycles. The molecular formula is C24H22F2N4OS. The summed E-state index contributed by atoms with van der Waals surface area (Å²) in [5.74, 6) is -1.94. The van der Waals surface area contributed by atoms with E-state index in [4.69, 9.17) is 11.0 Å². The van der Waals surface area contributed by atoms with Crippen LogP contribution in [-0.2, 0) is 5.60 Å². The number of aliphatic imine (C=N–C) groups is 1. The zero-order valence-electron chi connectivity index (χ0n) is 17.4. The molecule has 2 atom stereocenters. The predicted octanol–water partition coefficient (Wildman–Crippen LogP) is 5.23. The second-order valence-electron chi connectivity index (χ2n) is 7.25. The second kappa shape index (κ2) is 10.3. The molecule has 0 saturated heterocycles. The summed E-state index contributed by atoms with van der Waals surface area (Å²) in [5, 5.41) is 23.0. The zero-order chi connectivity index (χ0) is 23.1. The Balaban J connectivity index is 1.96. The fourth-order valence-electron chi connectivity index (χ4n) is 3.44. The number of hydrogen-bond acceptors (Lipinski definition) is 5. The van der Waals surface area contributed by atoms with E-state index in [-0.39, 0.29) is 12.0 Å². The van der Waals surface area contributed by atoms with Crippen LogP contribution in [0.5, 0.6) is 0 Å². The predicted molar refractivity (Wildman–Crippen MR) is 122 cm³/mol. The van der Waals surface area contributed by atoms with Gasteiger partial charge in [0, 0.05) is 28.6 Å². The summed E-state index contributed by atoms with van der Waals surface area (Å²) in [5.41, 5.74) is 5.43. The largest absolute Gasteiger partial charge is 0.390 e. The summed E-state index contributed by atoms with van der Waals surface area (Å²) < 4.78 is 28.6. The Labute approximate surface area is 189 Å². The third kappa shape index (κ3) is 5.07. The van der Waals surface area contributed by atoms with E-state index in [0.717, 1.165) is 30.1 Å². The average molecular weight is 453 g/mol. The van der Waals surface area contributed by atoms with E-state index in [1.807, 2.05) is 5.38 Å². The number of benzene rings is 2. The van der Waals surface area contributed by atoms with E-state index >= 15 is 0 Å².